The molecule has 1 saturated carbocycles. The van der Waals surface area contributed by atoms with Gasteiger partial charge in [-0.2, -0.15) is 0 Å². The van der Waals surface area contributed by atoms with Gasteiger partial charge in [0.1, 0.15) is 5.75 Å². The lowest BCUT2D eigenvalue weighted by atomic mass is 9.82. The highest BCUT2D eigenvalue weighted by molar-refractivity contribution is 5.94. The third-order valence-electron chi connectivity index (χ3n) is 3.11. The fraction of sp³-hybridized carbons (Fsp3) is 0.462. The molecule has 1 aromatic rings. The van der Waals surface area contributed by atoms with Crippen molar-refractivity contribution in [3.8, 4) is 5.75 Å². The third-order valence-corrected chi connectivity index (χ3v) is 3.11. The van der Waals surface area contributed by atoms with Gasteiger partial charge in [0, 0.05) is 12.1 Å². The first kappa shape index (κ1) is 11.9. The number of carbonyl (C=O) groups is 1. The van der Waals surface area contributed by atoms with Gasteiger partial charge in [-0.15, -0.1) is 0 Å². The number of amides is 1. The maximum absolute atomic E-state index is 11.8. The van der Waals surface area contributed by atoms with Gasteiger partial charge >= 0.3 is 0 Å². The normalized spacial score (nSPS) is 22.7. The van der Waals surface area contributed by atoms with E-state index in [4.69, 9.17) is 9.84 Å². The Balaban J connectivity index is 1.82. The Bertz CT molecular complexity index is 382. The fourth-order valence-corrected chi connectivity index (χ4v) is 1.95. The lowest BCUT2D eigenvalue weighted by molar-refractivity contribution is 0.0420. The van der Waals surface area contributed by atoms with Crippen molar-refractivity contribution < 1.29 is 14.6 Å². The molecule has 1 aliphatic carbocycles. The highest BCUT2D eigenvalue weighted by Crippen LogP contribution is 2.26. The first-order valence-corrected chi connectivity index (χ1v) is 5.79. The summed E-state index contributed by atoms with van der Waals surface area (Å²) in [6, 6.07) is 7.01. The van der Waals surface area contributed by atoms with Gasteiger partial charge in [0.05, 0.1) is 13.2 Å². The molecule has 4 nitrogen and oxygen atoms in total. The summed E-state index contributed by atoms with van der Waals surface area (Å²) in [4.78, 5) is 11.8. The average molecular weight is 235 g/mol. The molecule has 0 aromatic heterocycles. The summed E-state index contributed by atoms with van der Waals surface area (Å²) in [6.45, 7) is 0.641. The van der Waals surface area contributed by atoms with Crippen LogP contribution in [0.3, 0.4) is 0 Å². The molecule has 1 aromatic carbocycles. The van der Waals surface area contributed by atoms with E-state index in [0.717, 1.165) is 18.6 Å². The van der Waals surface area contributed by atoms with E-state index in [1.165, 1.54) is 0 Å². The van der Waals surface area contributed by atoms with E-state index >= 15 is 0 Å². The minimum absolute atomic E-state index is 0.0750. The molecule has 0 saturated heterocycles. The summed E-state index contributed by atoms with van der Waals surface area (Å²) >= 11 is 0. The molecule has 0 atom stereocenters. The molecule has 17 heavy (non-hydrogen) atoms. The fourth-order valence-electron chi connectivity index (χ4n) is 1.95. The van der Waals surface area contributed by atoms with Crippen molar-refractivity contribution in [3.05, 3.63) is 29.8 Å². The number of carbonyl (C=O) groups excluding carboxylic acids is 1. The van der Waals surface area contributed by atoms with Gasteiger partial charge in [-0.25, -0.2) is 0 Å². The molecule has 1 amide bonds. The zero-order chi connectivity index (χ0) is 12.3. The van der Waals surface area contributed by atoms with Gasteiger partial charge in [0.25, 0.3) is 5.91 Å². The number of hydrogen-bond donors (Lipinski definition) is 2. The second kappa shape index (κ2) is 5.19. The van der Waals surface area contributed by atoms with Gasteiger partial charge in [-0.3, -0.25) is 4.79 Å². The first-order valence-electron chi connectivity index (χ1n) is 5.79. The summed E-state index contributed by atoms with van der Waals surface area (Å²) in [6.07, 6.45) is 1.42. The van der Waals surface area contributed by atoms with Crippen LogP contribution in [-0.2, 0) is 0 Å². The molecule has 0 radical (unpaired) electrons. The minimum Gasteiger partial charge on any atom is -0.497 e. The number of nitrogens with one attached hydrogen (secondary N) is 1. The lowest BCUT2D eigenvalue weighted by Crippen LogP contribution is -2.38. The van der Waals surface area contributed by atoms with Crippen LogP contribution >= 0.6 is 0 Å². The van der Waals surface area contributed by atoms with Gasteiger partial charge in [-0.05, 0) is 43.0 Å². The van der Waals surface area contributed by atoms with E-state index in [0.29, 0.717) is 18.0 Å². The van der Waals surface area contributed by atoms with Crippen molar-refractivity contribution in [2.45, 2.75) is 18.9 Å². The minimum atomic E-state index is -0.169. The topological polar surface area (TPSA) is 58.6 Å². The summed E-state index contributed by atoms with van der Waals surface area (Å²) in [7, 11) is 1.59. The summed E-state index contributed by atoms with van der Waals surface area (Å²) < 4.78 is 5.03. The molecule has 4 heteroatoms. The van der Waals surface area contributed by atoms with E-state index < -0.39 is 0 Å². The smallest absolute Gasteiger partial charge is 0.251 e. The molecular formula is C13H17NO3. The Labute approximate surface area is 101 Å². The van der Waals surface area contributed by atoms with Crippen molar-refractivity contribution in [1.82, 2.24) is 5.32 Å². The number of rotatable bonds is 4. The van der Waals surface area contributed by atoms with Gasteiger partial charge < -0.3 is 15.2 Å². The standard InChI is InChI=1S/C13H17NO3/c1-17-12-4-2-10(3-5-12)13(16)14-8-9-6-11(15)7-9/h2-5,9,11,15H,6-8H2,1H3,(H,14,16). The largest absolute Gasteiger partial charge is 0.497 e. The Kier molecular flexibility index (Phi) is 3.64. The third kappa shape index (κ3) is 2.97. The van der Waals surface area contributed by atoms with E-state index in [-0.39, 0.29) is 12.0 Å². The predicted molar refractivity (Wildman–Crippen MR) is 64.1 cm³/mol. The van der Waals surface area contributed by atoms with E-state index in [1.807, 2.05) is 0 Å². The second-order valence-electron chi connectivity index (χ2n) is 4.43. The van der Waals surface area contributed by atoms with Crippen LogP contribution in [0.2, 0.25) is 0 Å². The van der Waals surface area contributed by atoms with Crippen LogP contribution in [0.15, 0.2) is 24.3 Å². The molecule has 1 fully saturated rings. The number of ether oxygens (including phenoxy) is 1. The molecule has 0 aliphatic heterocycles. The van der Waals surface area contributed by atoms with Crippen LogP contribution in [0.1, 0.15) is 23.2 Å². The van der Waals surface area contributed by atoms with Crippen molar-refractivity contribution in [1.29, 1.82) is 0 Å². The molecule has 0 bridgehead atoms. The van der Waals surface area contributed by atoms with Crippen LogP contribution in [0, 0.1) is 5.92 Å². The Morgan fingerprint density at radius 2 is 2.06 bits per heavy atom. The maximum atomic E-state index is 11.8. The molecule has 1 aliphatic rings. The number of benzene rings is 1. The molecule has 0 spiro atoms. The maximum Gasteiger partial charge on any atom is 0.251 e. The summed E-state index contributed by atoms with van der Waals surface area (Å²) in [5.74, 6) is 1.09. The van der Waals surface area contributed by atoms with Crippen LogP contribution in [0.4, 0.5) is 0 Å². The van der Waals surface area contributed by atoms with Crippen molar-refractivity contribution in [2.24, 2.45) is 5.92 Å². The quantitative estimate of drug-likeness (QED) is 0.824. The summed E-state index contributed by atoms with van der Waals surface area (Å²) in [5, 5.41) is 12.0. The first-order chi connectivity index (χ1) is 8.19. The van der Waals surface area contributed by atoms with Crippen molar-refractivity contribution in [2.75, 3.05) is 13.7 Å². The number of methoxy groups -OCH3 is 1. The van der Waals surface area contributed by atoms with Crippen LogP contribution < -0.4 is 10.1 Å². The molecule has 0 unspecified atom stereocenters. The van der Waals surface area contributed by atoms with E-state index in [1.54, 1.807) is 31.4 Å². The SMILES string of the molecule is COc1ccc(C(=O)NCC2CC(O)C2)cc1. The number of hydrogen-bond acceptors (Lipinski definition) is 3. The lowest BCUT2D eigenvalue weighted by Gasteiger charge is -2.31. The summed E-state index contributed by atoms with van der Waals surface area (Å²) in [5.41, 5.74) is 0.630. The predicted octanol–water partition coefficient (Wildman–Crippen LogP) is 1.20. The van der Waals surface area contributed by atoms with Crippen LogP contribution in [0.25, 0.3) is 0 Å². The Morgan fingerprint density at radius 1 is 1.41 bits per heavy atom. The van der Waals surface area contributed by atoms with E-state index in [2.05, 4.69) is 5.32 Å². The molecule has 92 valence electrons. The average Bonchev–Trinajstić information content (AvgIpc) is 2.33. The van der Waals surface area contributed by atoms with Gasteiger partial charge in [0.2, 0.25) is 0 Å². The Hall–Kier alpha value is -1.55. The number of aliphatic hydroxyl groups excluding tert-OH is 1. The Morgan fingerprint density at radius 3 is 2.59 bits per heavy atom. The second-order valence-corrected chi connectivity index (χ2v) is 4.43. The molecular weight excluding hydrogens is 218 g/mol. The van der Waals surface area contributed by atoms with Crippen LogP contribution in [0.5, 0.6) is 5.75 Å². The van der Waals surface area contributed by atoms with Crippen molar-refractivity contribution in [3.63, 3.8) is 0 Å². The van der Waals surface area contributed by atoms with Gasteiger partial charge in [-0.1, -0.05) is 0 Å². The highest BCUT2D eigenvalue weighted by atomic mass is 16.5. The molecule has 2 rings (SSSR count). The van der Waals surface area contributed by atoms with Crippen molar-refractivity contribution >= 4 is 5.91 Å². The molecule has 2 N–H and O–H groups in total. The zero-order valence-electron chi connectivity index (χ0n) is 9.85. The van der Waals surface area contributed by atoms with Gasteiger partial charge in [0.15, 0.2) is 0 Å². The van der Waals surface area contributed by atoms with Crippen LogP contribution in [-0.4, -0.2) is 30.8 Å². The molecule has 0 heterocycles. The van der Waals surface area contributed by atoms with E-state index in [9.17, 15) is 4.79 Å². The number of aliphatic hydroxyl groups is 1. The zero-order valence-corrected chi connectivity index (χ0v) is 9.85. The highest BCUT2D eigenvalue weighted by Gasteiger charge is 2.27. The monoisotopic (exact) mass is 235 g/mol.